The number of carbonyl (C=O) groups excluding carboxylic acids is 2. The lowest BCUT2D eigenvalue weighted by atomic mass is 10.0. The Hall–Kier alpha value is -4.18. The number of anilines is 1. The zero-order valence-electron chi connectivity index (χ0n) is 18.8. The lowest BCUT2D eigenvalue weighted by Crippen LogP contribution is -2.37. The molecule has 0 aliphatic carbocycles. The number of nitrogens with zero attached hydrogens (tertiary/aromatic N) is 2. The van der Waals surface area contributed by atoms with Crippen LogP contribution in [0.15, 0.2) is 66.9 Å². The number of nitriles is 1. The van der Waals surface area contributed by atoms with Gasteiger partial charge in [-0.3, -0.25) is 9.59 Å². The molecule has 0 radical (unpaired) electrons. The van der Waals surface area contributed by atoms with Crippen LogP contribution in [0.3, 0.4) is 0 Å². The number of nitrogens with one attached hydrogen (secondary N) is 2. The summed E-state index contributed by atoms with van der Waals surface area (Å²) in [6, 6.07) is 18.8. The van der Waals surface area contributed by atoms with Crippen LogP contribution in [0, 0.1) is 24.2 Å². The molecule has 3 aromatic rings. The molecule has 0 saturated carbocycles. The average Bonchev–Trinajstić information content (AvgIpc) is 2.79. The van der Waals surface area contributed by atoms with Gasteiger partial charge in [0, 0.05) is 18.3 Å². The van der Waals surface area contributed by atoms with Crippen LogP contribution < -0.4 is 15.4 Å². The monoisotopic (exact) mass is 442 g/mol. The van der Waals surface area contributed by atoms with Gasteiger partial charge in [0.05, 0.1) is 0 Å². The smallest absolute Gasteiger partial charge is 0.251 e. The first kappa shape index (κ1) is 23.5. The van der Waals surface area contributed by atoms with Crippen molar-refractivity contribution in [2.75, 3.05) is 5.32 Å². The third-order valence-corrected chi connectivity index (χ3v) is 4.86. The molecule has 0 fully saturated rings. The molecule has 0 bridgehead atoms. The zero-order valence-corrected chi connectivity index (χ0v) is 18.8. The van der Waals surface area contributed by atoms with Gasteiger partial charge in [0.1, 0.15) is 23.4 Å². The van der Waals surface area contributed by atoms with E-state index in [1.165, 1.54) is 0 Å². The normalized spacial score (nSPS) is 11.4. The Morgan fingerprint density at radius 1 is 1.09 bits per heavy atom. The van der Waals surface area contributed by atoms with Crippen molar-refractivity contribution in [2.24, 2.45) is 5.92 Å². The van der Waals surface area contributed by atoms with Gasteiger partial charge in [0.25, 0.3) is 5.91 Å². The van der Waals surface area contributed by atoms with Crippen LogP contribution in [0.1, 0.15) is 43.0 Å². The van der Waals surface area contributed by atoms with Gasteiger partial charge < -0.3 is 15.4 Å². The van der Waals surface area contributed by atoms with Gasteiger partial charge in [-0.2, -0.15) is 5.26 Å². The summed E-state index contributed by atoms with van der Waals surface area (Å²) in [6.45, 7) is 5.74. The summed E-state index contributed by atoms with van der Waals surface area (Å²) in [5.41, 5.74) is 2.38. The Bertz CT molecular complexity index is 1170. The second kappa shape index (κ2) is 10.9. The maximum absolute atomic E-state index is 13.1. The van der Waals surface area contributed by atoms with Gasteiger partial charge >= 0.3 is 0 Å². The van der Waals surface area contributed by atoms with Crippen molar-refractivity contribution in [3.05, 3.63) is 83.6 Å². The standard InChI is InChI=1S/C26H26N4O3/c1-17(2)14-23(31)30-24(19-8-5-4-6-9-19)25(32)29-22-12-11-21(15-18(22)3)33-26-20(16-27)10-7-13-28-26/h4-13,15,17,24H,14H2,1-3H3,(H,29,32)(H,30,31). The summed E-state index contributed by atoms with van der Waals surface area (Å²) >= 11 is 0. The Labute approximate surface area is 193 Å². The second-order valence-electron chi connectivity index (χ2n) is 8.05. The average molecular weight is 443 g/mol. The molecule has 2 N–H and O–H groups in total. The van der Waals surface area contributed by atoms with E-state index in [0.29, 0.717) is 29.0 Å². The molecule has 0 aliphatic heterocycles. The van der Waals surface area contributed by atoms with Crippen molar-refractivity contribution in [1.29, 1.82) is 5.26 Å². The summed E-state index contributed by atoms with van der Waals surface area (Å²) in [4.78, 5) is 29.6. The highest BCUT2D eigenvalue weighted by Gasteiger charge is 2.23. The fourth-order valence-electron chi connectivity index (χ4n) is 3.25. The second-order valence-corrected chi connectivity index (χ2v) is 8.05. The first-order chi connectivity index (χ1) is 15.9. The molecule has 2 amide bonds. The van der Waals surface area contributed by atoms with E-state index in [1.807, 2.05) is 57.2 Å². The molecule has 2 aromatic carbocycles. The summed E-state index contributed by atoms with van der Waals surface area (Å²) in [5, 5.41) is 15.0. The molecule has 7 heteroatoms. The topological polar surface area (TPSA) is 104 Å². The number of hydrogen-bond acceptors (Lipinski definition) is 5. The van der Waals surface area contributed by atoms with E-state index in [1.54, 1.807) is 36.5 Å². The minimum atomic E-state index is -0.820. The van der Waals surface area contributed by atoms with Crippen molar-refractivity contribution in [3.8, 4) is 17.7 Å². The van der Waals surface area contributed by atoms with E-state index in [0.717, 1.165) is 5.56 Å². The van der Waals surface area contributed by atoms with Crippen LogP contribution in [0.4, 0.5) is 5.69 Å². The molecule has 0 spiro atoms. The molecular formula is C26H26N4O3. The van der Waals surface area contributed by atoms with Gasteiger partial charge in [0.15, 0.2) is 0 Å². The molecule has 168 valence electrons. The number of amides is 2. The molecule has 1 heterocycles. The highest BCUT2D eigenvalue weighted by Crippen LogP contribution is 2.27. The predicted octanol–water partition coefficient (Wildman–Crippen LogP) is 4.90. The maximum atomic E-state index is 13.1. The first-order valence-corrected chi connectivity index (χ1v) is 10.7. The molecule has 1 atom stereocenters. The number of rotatable bonds is 8. The molecule has 1 unspecified atom stereocenters. The molecule has 1 aromatic heterocycles. The lowest BCUT2D eigenvalue weighted by molar-refractivity contribution is -0.127. The van der Waals surface area contributed by atoms with Crippen LogP contribution in [0.25, 0.3) is 0 Å². The number of aromatic nitrogens is 1. The molecule has 3 rings (SSSR count). The van der Waals surface area contributed by atoms with Gasteiger partial charge in [0.2, 0.25) is 11.8 Å². The summed E-state index contributed by atoms with van der Waals surface area (Å²) in [7, 11) is 0. The van der Waals surface area contributed by atoms with Crippen molar-refractivity contribution < 1.29 is 14.3 Å². The first-order valence-electron chi connectivity index (χ1n) is 10.7. The molecule has 33 heavy (non-hydrogen) atoms. The van der Waals surface area contributed by atoms with Crippen LogP contribution in [0.2, 0.25) is 0 Å². The molecule has 0 aliphatic rings. The fourth-order valence-corrected chi connectivity index (χ4v) is 3.25. The quantitative estimate of drug-likeness (QED) is 0.517. The van der Waals surface area contributed by atoms with Gasteiger partial charge in [-0.25, -0.2) is 4.98 Å². The summed E-state index contributed by atoms with van der Waals surface area (Å²) in [5.74, 6) is 0.364. The highest BCUT2D eigenvalue weighted by molar-refractivity contribution is 5.98. The van der Waals surface area contributed by atoms with Crippen molar-refractivity contribution in [2.45, 2.75) is 33.2 Å². The number of pyridine rings is 1. The summed E-state index contributed by atoms with van der Waals surface area (Å²) in [6.07, 6.45) is 1.88. The van der Waals surface area contributed by atoms with Crippen LogP contribution in [0.5, 0.6) is 11.6 Å². The predicted molar refractivity (Wildman–Crippen MR) is 126 cm³/mol. The molecule has 7 nitrogen and oxygen atoms in total. The van der Waals surface area contributed by atoms with Gasteiger partial charge in [-0.15, -0.1) is 0 Å². The van der Waals surface area contributed by atoms with Crippen LogP contribution in [-0.4, -0.2) is 16.8 Å². The highest BCUT2D eigenvalue weighted by atomic mass is 16.5. The number of carbonyl (C=O) groups is 2. The Morgan fingerprint density at radius 2 is 1.85 bits per heavy atom. The molecule has 0 saturated heterocycles. The van der Waals surface area contributed by atoms with Crippen molar-refractivity contribution in [3.63, 3.8) is 0 Å². The minimum absolute atomic E-state index is 0.180. The molecular weight excluding hydrogens is 416 g/mol. The number of benzene rings is 2. The Morgan fingerprint density at radius 3 is 2.52 bits per heavy atom. The SMILES string of the molecule is Cc1cc(Oc2ncccc2C#N)ccc1NC(=O)C(NC(=O)CC(C)C)c1ccccc1. The Balaban J connectivity index is 1.77. The largest absolute Gasteiger partial charge is 0.438 e. The number of ether oxygens (including phenoxy) is 1. The van der Waals surface area contributed by atoms with E-state index in [2.05, 4.69) is 15.6 Å². The maximum Gasteiger partial charge on any atom is 0.251 e. The van der Waals surface area contributed by atoms with E-state index in [4.69, 9.17) is 4.74 Å². The van der Waals surface area contributed by atoms with Gasteiger partial charge in [-0.05, 0) is 54.3 Å². The van der Waals surface area contributed by atoms with E-state index in [-0.39, 0.29) is 23.6 Å². The van der Waals surface area contributed by atoms with E-state index in [9.17, 15) is 14.9 Å². The van der Waals surface area contributed by atoms with Crippen molar-refractivity contribution >= 4 is 17.5 Å². The summed E-state index contributed by atoms with van der Waals surface area (Å²) < 4.78 is 5.74. The minimum Gasteiger partial charge on any atom is -0.438 e. The lowest BCUT2D eigenvalue weighted by Gasteiger charge is -2.20. The van der Waals surface area contributed by atoms with Crippen LogP contribution in [-0.2, 0) is 9.59 Å². The third-order valence-electron chi connectivity index (χ3n) is 4.86. The van der Waals surface area contributed by atoms with E-state index >= 15 is 0 Å². The zero-order chi connectivity index (χ0) is 23.8. The van der Waals surface area contributed by atoms with Crippen LogP contribution >= 0.6 is 0 Å². The van der Waals surface area contributed by atoms with Gasteiger partial charge in [-0.1, -0.05) is 44.2 Å². The fraction of sp³-hybridized carbons (Fsp3) is 0.231. The van der Waals surface area contributed by atoms with E-state index < -0.39 is 6.04 Å². The third kappa shape index (κ3) is 6.40. The van der Waals surface area contributed by atoms with Crippen molar-refractivity contribution in [1.82, 2.24) is 10.3 Å². The number of hydrogen-bond donors (Lipinski definition) is 2. The number of aryl methyl sites for hydroxylation is 1. The Kier molecular flexibility index (Phi) is 7.77.